The van der Waals surface area contributed by atoms with Crippen LogP contribution in [0.25, 0.3) is 5.65 Å². The van der Waals surface area contributed by atoms with E-state index in [-0.39, 0.29) is 5.75 Å². The molecule has 1 aliphatic heterocycles. The van der Waals surface area contributed by atoms with E-state index in [1.54, 1.807) is 22.8 Å². The largest absolute Gasteiger partial charge is 0.506 e. The second kappa shape index (κ2) is 4.57. The van der Waals surface area contributed by atoms with Gasteiger partial charge in [-0.25, -0.2) is 9.50 Å². The van der Waals surface area contributed by atoms with Gasteiger partial charge >= 0.3 is 0 Å². The molecule has 0 amide bonds. The normalized spacial score (nSPS) is 18.5. The molecule has 96 valence electrons. The average Bonchev–Trinajstić information content (AvgIpc) is 2.81. The van der Waals surface area contributed by atoms with E-state index in [1.807, 2.05) is 0 Å². The van der Waals surface area contributed by atoms with Gasteiger partial charge in [0.05, 0.1) is 6.20 Å². The highest BCUT2D eigenvalue weighted by atomic mass is 16.3. The summed E-state index contributed by atoms with van der Waals surface area (Å²) in [6.45, 7) is 5.58. The lowest BCUT2D eigenvalue weighted by Crippen LogP contribution is -2.32. The summed E-state index contributed by atoms with van der Waals surface area (Å²) in [6, 6.07) is 3.44. The summed E-state index contributed by atoms with van der Waals surface area (Å²) < 4.78 is 1.66. The van der Waals surface area contributed by atoms with Crippen molar-refractivity contribution in [2.45, 2.75) is 25.7 Å². The van der Waals surface area contributed by atoms with Crippen LogP contribution >= 0.6 is 0 Å². The molecule has 3 heterocycles. The van der Waals surface area contributed by atoms with Gasteiger partial charge in [0.25, 0.3) is 0 Å². The average molecular weight is 246 g/mol. The van der Waals surface area contributed by atoms with E-state index in [9.17, 15) is 5.11 Å². The summed E-state index contributed by atoms with van der Waals surface area (Å²) in [5.74, 6) is 1.59. The number of aromatic nitrogens is 3. The third-order valence-corrected chi connectivity index (χ3v) is 3.73. The first-order valence-corrected chi connectivity index (χ1v) is 6.54. The maximum absolute atomic E-state index is 9.42. The summed E-state index contributed by atoms with van der Waals surface area (Å²) >= 11 is 0. The van der Waals surface area contributed by atoms with Crippen LogP contribution in [0.1, 0.15) is 31.5 Å². The molecule has 1 aliphatic rings. The lowest BCUT2D eigenvalue weighted by Gasteiger charge is -2.29. The second-order valence-electron chi connectivity index (χ2n) is 4.87. The van der Waals surface area contributed by atoms with Gasteiger partial charge in [0.15, 0.2) is 11.5 Å². The minimum Gasteiger partial charge on any atom is -0.506 e. The fourth-order valence-corrected chi connectivity index (χ4v) is 2.57. The Labute approximate surface area is 106 Å². The van der Waals surface area contributed by atoms with Crippen molar-refractivity contribution >= 4 is 5.65 Å². The molecular formula is C13H18N4O. The van der Waals surface area contributed by atoms with Crippen LogP contribution in [0.4, 0.5) is 0 Å². The van der Waals surface area contributed by atoms with E-state index < -0.39 is 0 Å². The molecule has 0 aliphatic carbocycles. The van der Waals surface area contributed by atoms with Gasteiger partial charge in [-0.05, 0) is 44.6 Å². The zero-order valence-corrected chi connectivity index (χ0v) is 10.6. The van der Waals surface area contributed by atoms with Crippen molar-refractivity contribution in [1.82, 2.24) is 19.5 Å². The Morgan fingerprint density at radius 3 is 2.83 bits per heavy atom. The fourth-order valence-electron chi connectivity index (χ4n) is 2.57. The van der Waals surface area contributed by atoms with Gasteiger partial charge in [0.2, 0.25) is 0 Å². The van der Waals surface area contributed by atoms with Crippen molar-refractivity contribution in [3.63, 3.8) is 0 Å². The minimum atomic E-state index is 0.222. The fraction of sp³-hybridized carbons (Fsp3) is 0.538. The zero-order chi connectivity index (χ0) is 12.5. The van der Waals surface area contributed by atoms with Crippen molar-refractivity contribution in [2.24, 2.45) is 0 Å². The maximum atomic E-state index is 9.42. The lowest BCUT2D eigenvalue weighted by molar-refractivity contribution is 0.219. The van der Waals surface area contributed by atoms with Crippen LogP contribution in [-0.4, -0.2) is 44.2 Å². The van der Waals surface area contributed by atoms with Crippen LogP contribution < -0.4 is 0 Å². The first-order valence-electron chi connectivity index (χ1n) is 6.54. The van der Waals surface area contributed by atoms with Crippen molar-refractivity contribution in [3.8, 4) is 5.75 Å². The topological polar surface area (TPSA) is 53.7 Å². The highest BCUT2D eigenvalue weighted by Gasteiger charge is 2.23. The van der Waals surface area contributed by atoms with Gasteiger partial charge in [-0.3, -0.25) is 0 Å². The Bertz CT molecular complexity index is 543. The van der Waals surface area contributed by atoms with Crippen molar-refractivity contribution in [2.75, 3.05) is 19.6 Å². The number of hydrogen-bond acceptors (Lipinski definition) is 4. The SMILES string of the molecule is CCN1CCC(c2nc3ccc(O)cn3n2)CC1. The molecule has 0 spiro atoms. The van der Waals surface area contributed by atoms with Crippen LogP contribution in [0.15, 0.2) is 18.3 Å². The van der Waals surface area contributed by atoms with E-state index in [2.05, 4.69) is 21.9 Å². The number of piperidine rings is 1. The van der Waals surface area contributed by atoms with E-state index in [4.69, 9.17) is 0 Å². The molecule has 0 saturated carbocycles. The van der Waals surface area contributed by atoms with Gasteiger partial charge in [0.1, 0.15) is 5.75 Å². The predicted octanol–water partition coefficient (Wildman–Crippen LogP) is 1.63. The number of pyridine rings is 1. The molecule has 1 saturated heterocycles. The molecule has 0 radical (unpaired) electrons. The standard InChI is InChI=1S/C13H18N4O/c1-2-16-7-5-10(6-8-16)13-14-12-4-3-11(18)9-17(12)15-13/h3-4,9-10,18H,2,5-8H2,1H3. The minimum absolute atomic E-state index is 0.222. The Morgan fingerprint density at radius 1 is 1.33 bits per heavy atom. The third-order valence-electron chi connectivity index (χ3n) is 3.73. The molecule has 0 aromatic carbocycles. The molecule has 0 atom stereocenters. The van der Waals surface area contributed by atoms with E-state index in [0.717, 1.165) is 43.9 Å². The number of nitrogens with zero attached hydrogens (tertiary/aromatic N) is 4. The number of likely N-dealkylation sites (tertiary alicyclic amines) is 1. The van der Waals surface area contributed by atoms with Gasteiger partial charge < -0.3 is 10.0 Å². The van der Waals surface area contributed by atoms with Crippen LogP contribution in [-0.2, 0) is 0 Å². The zero-order valence-electron chi connectivity index (χ0n) is 10.6. The number of hydrogen-bond donors (Lipinski definition) is 1. The molecule has 1 fully saturated rings. The molecule has 2 aromatic rings. The number of fused-ring (bicyclic) bond motifs is 1. The van der Waals surface area contributed by atoms with Crippen LogP contribution in [0.5, 0.6) is 5.75 Å². The van der Waals surface area contributed by atoms with E-state index in [0.29, 0.717) is 5.92 Å². The molecule has 0 bridgehead atoms. The molecule has 1 N–H and O–H groups in total. The van der Waals surface area contributed by atoms with Crippen molar-refractivity contribution < 1.29 is 5.11 Å². The Kier molecular flexibility index (Phi) is 2.91. The number of aromatic hydroxyl groups is 1. The van der Waals surface area contributed by atoms with Crippen molar-refractivity contribution in [1.29, 1.82) is 0 Å². The molecule has 2 aromatic heterocycles. The molecule has 0 unspecified atom stereocenters. The van der Waals surface area contributed by atoms with Gasteiger partial charge in [0, 0.05) is 5.92 Å². The molecule has 5 heteroatoms. The monoisotopic (exact) mass is 246 g/mol. The smallest absolute Gasteiger partial charge is 0.155 e. The molecule has 5 nitrogen and oxygen atoms in total. The van der Waals surface area contributed by atoms with E-state index >= 15 is 0 Å². The maximum Gasteiger partial charge on any atom is 0.155 e. The summed E-state index contributed by atoms with van der Waals surface area (Å²) in [4.78, 5) is 7.01. The first kappa shape index (κ1) is 11.5. The third kappa shape index (κ3) is 2.06. The Morgan fingerprint density at radius 2 is 2.11 bits per heavy atom. The van der Waals surface area contributed by atoms with Crippen LogP contribution in [0.2, 0.25) is 0 Å². The van der Waals surface area contributed by atoms with Gasteiger partial charge in [-0.15, -0.1) is 0 Å². The summed E-state index contributed by atoms with van der Waals surface area (Å²) in [6.07, 6.45) is 3.85. The summed E-state index contributed by atoms with van der Waals surface area (Å²) in [5.41, 5.74) is 0.806. The molecule has 18 heavy (non-hydrogen) atoms. The first-order chi connectivity index (χ1) is 8.76. The lowest BCUT2D eigenvalue weighted by atomic mass is 9.96. The molecular weight excluding hydrogens is 228 g/mol. The van der Waals surface area contributed by atoms with Crippen LogP contribution in [0, 0.1) is 0 Å². The summed E-state index contributed by atoms with van der Waals surface area (Å²) in [7, 11) is 0. The van der Waals surface area contributed by atoms with Crippen molar-refractivity contribution in [3.05, 3.63) is 24.2 Å². The second-order valence-corrected chi connectivity index (χ2v) is 4.87. The highest BCUT2D eigenvalue weighted by Crippen LogP contribution is 2.26. The Hall–Kier alpha value is -1.62. The Balaban J connectivity index is 1.82. The van der Waals surface area contributed by atoms with Gasteiger partial charge in [-0.2, -0.15) is 5.10 Å². The number of rotatable bonds is 2. The van der Waals surface area contributed by atoms with Crippen LogP contribution in [0.3, 0.4) is 0 Å². The quantitative estimate of drug-likeness (QED) is 0.875. The van der Waals surface area contributed by atoms with Gasteiger partial charge in [-0.1, -0.05) is 6.92 Å². The summed E-state index contributed by atoms with van der Waals surface area (Å²) in [5, 5.41) is 13.9. The predicted molar refractivity (Wildman–Crippen MR) is 68.7 cm³/mol. The highest BCUT2D eigenvalue weighted by molar-refractivity contribution is 5.40. The van der Waals surface area contributed by atoms with E-state index in [1.165, 1.54) is 0 Å². The molecule has 3 rings (SSSR count).